The number of hydrogen-bond donors (Lipinski definition) is 1. The van der Waals surface area contributed by atoms with Crippen LogP contribution < -0.4 is 4.74 Å². The van der Waals surface area contributed by atoms with Gasteiger partial charge in [0.25, 0.3) is 0 Å². The van der Waals surface area contributed by atoms with Gasteiger partial charge in [0.2, 0.25) is 0 Å². The lowest BCUT2D eigenvalue weighted by molar-refractivity contribution is 0.298. The Morgan fingerprint density at radius 3 is 3.00 bits per heavy atom. The van der Waals surface area contributed by atoms with E-state index in [-0.39, 0.29) is 12.4 Å². The molecule has 0 fully saturated rings. The fourth-order valence-electron chi connectivity index (χ4n) is 1.44. The lowest BCUT2D eigenvalue weighted by Crippen LogP contribution is -1.97. The predicted octanol–water partition coefficient (Wildman–Crippen LogP) is 0.950. The van der Waals surface area contributed by atoms with E-state index >= 15 is 0 Å². The second-order valence-corrected chi connectivity index (χ2v) is 3.45. The van der Waals surface area contributed by atoms with Crippen LogP contribution >= 0.6 is 0 Å². The van der Waals surface area contributed by atoms with Crippen molar-refractivity contribution in [1.82, 2.24) is 15.0 Å². The summed E-state index contributed by atoms with van der Waals surface area (Å²) in [5.74, 6) is -0.270. The minimum atomic E-state index is -0.424. The van der Waals surface area contributed by atoms with Crippen LogP contribution in [0.15, 0.2) is 24.4 Å². The van der Waals surface area contributed by atoms with Crippen LogP contribution in [0.2, 0.25) is 0 Å². The van der Waals surface area contributed by atoms with E-state index < -0.39 is 5.82 Å². The number of ether oxygens (including phenoxy) is 1. The molecule has 0 radical (unpaired) electrons. The van der Waals surface area contributed by atoms with Crippen LogP contribution in [0.3, 0.4) is 0 Å². The van der Waals surface area contributed by atoms with Gasteiger partial charge in [-0.25, -0.2) is 9.07 Å². The molecular weight excluding hydrogens is 225 g/mol. The summed E-state index contributed by atoms with van der Waals surface area (Å²) in [6.45, 7) is 0.0193. The van der Waals surface area contributed by atoms with E-state index in [1.54, 1.807) is 12.3 Å². The molecule has 0 aliphatic heterocycles. The third kappa shape index (κ3) is 2.42. The second-order valence-electron chi connectivity index (χ2n) is 3.45. The molecule has 1 aromatic heterocycles. The van der Waals surface area contributed by atoms with Gasteiger partial charge in [0.1, 0.15) is 0 Å². The van der Waals surface area contributed by atoms with E-state index in [1.807, 2.05) is 0 Å². The Hall–Kier alpha value is -1.95. The fraction of sp³-hybridized carbons (Fsp3) is 0.273. The summed E-state index contributed by atoms with van der Waals surface area (Å²) in [6, 6.07) is 4.42. The molecule has 0 bridgehead atoms. The third-order valence-electron chi connectivity index (χ3n) is 2.31. The van der Waals surface area contributed by atoms with E-state index in [1.165, 1.54) is 23.9 Å². The largest absolute Gasteiger partial charge is 0.494 e. The number of halogens is 1. The molecule has 0 amide bonds. The first-order valence-electron chi connectivity index (χ1n) is 5.10. The Labute approximate surface area is 97.5 Å². The maximum Gasteiger partial charge on any atom is 0.165 e. The maximum atomic E-state index is 13.2. The lowest BCUT2D eigenvalue weighted by atomic mass is 10.3. The molecular formula is C11H12FN3O2. The predicted molar refractivity (Wildman–Crippen MR) is 58.7 cm³/mol. The van der Waals surface area contributed by atoms with E-state index in [4.69, 9.17) is 9.84 Å². The van der Waals surface area contributed by atoms with Gasteiger partial charge >= 0.3 is 0 Å². The zero-order valence-corrected chi connectivity index (χ0v) is 9.30. The molecule has 2 rings (SSSR count). The van der Waals surface area contributed by atoms with Crippen LogP contribution in [-0.4, -0.2) is 33.8 Å². The average Bonchev–Trinajstić information content (AvgIpc) is 2.79. The highest BCUT2D eigenvalue weighted by molar-refractivity contribution is 5.39. The number of rotatable bonds is 4. The molecule has 0 spiro atoms. The Morgan fingerprint density at radius 1 is 1.47 bits per heavy atom. The van der Waals surface area contributed by atoms with Crippen LogP contribution in [-0.2, 0) is 6.42 Å². The van der Waals surface area contributed by atoms with Gasteiger partial charge in [-0.2, -0.15) is 0 Å². The first-order chi connectivity index (χ1) is 8.24. The first-order valence-corrected chi connectivity index (χ1v) is 5.10. The molecule has 0 atom stereocenters. The van der Waals surface area contributed by atoms with Crippen LogP contribution in [0.5, 0.6) is 5.75 Å². The minimum absolute atomic E-state index is 0.0193. The van der Waals surface area contributed by atoms with Crippen LogP contribution in [0.25, 0.3) is 5.69 Å². The average molecular weight is 237 g/mol. The zero-order valence-electron chi connectivity index (χ0n) is 9.30. The standard InChI is InChI=1S/C11H12FN3O2/c1-17-11-6-9(2-3-10(11)12)15-7-8(4-5-16)13-14-15/h2-3,6-7,16H,4-5H2,1H3. The van der Waals surface area contributed by atoms with E-state index in [9.17, 15) is 4.39 Å². The number of aromatic nitrogens is 3. The number of benzene rings is 1. The Balaban J connectivity index is 2.32. The molecule has 90 valence electrons. The molecule has 0 aliphatic carbocycles. The van der Waals surface area contributed by atoms with Crippen molar-refractivity contribution in [2.75, 3.05) is 13.7 Å². The maximum absolute atomic E-state index is 13.2. The van der Waals surface area contributed by atoms with Crippen LogP contribution in [0, 0.1) is 5.82 Å². The van der Waals surface area contributed by atoms with Gasteiger partial charge < -0.3 is 9.84 Å². The molecule has 1 heterocycles. The molecule has 0 unspecified atom stereocenters. The highest BCUT2D eigenvalue weighted by atomic mass is 19.1. The van der Waals surface area contributed by atoms with Gasteiger partial charge in [0.05, 0.1) is 24.7 Å². The number of methoxy groups -OCH3 is 1. The Bertz CT molecular complexity index is 513. The number of aliphatic hydroxyl groups is 1. The normalized spacial score (nSPS) is 10.5. The lowest BCUT2D eigenvalue weighted by Gasteiger charge is -2.04. The summed E-state index contributed by atoms with van der Waals surface area (Å²) in [4.78, 5) is 0. The monoisotopic (exact) mass is 237 g/mol. The summed E-state index contributed by atoms with van der Waals surface area (Å²) in [5, 5.41) is 16.5. The minimum Gasteiger partial charge on any atom is -0.494 e. The molecule has 2 aromatic rings. The quantitative estimate of drug-likeness (QED) is 0.860. The van der Waals surface area contributed by atoms with Gasteiger partial charge in [0.15, 0.2) is 11.6 Å². The smallest absolute Gasteiger partial charge is 0.165 e. The first kappa shape index (κ1) is 11.5. The number of nitrogens with zero attached hydrogens (tertiary/aromatic N) is 3. The van der Waals surface area contributed by atoms with E-state index in [0.717, 1.165) is 0 Å². The van der Waals surface area contributed by atoms with Crippen molar-refractivity contribution >= 4 is 0 Å². The SMILES string of the molecule is COc1cc(-n2cc(CCO)nn2)ccc1F. The third-order valence-corrected chi connectivity index (χ3v) is 2.31. The van der Waals surface area contributed by atoms with Crippen molar-refractivity contribution in [3.8, 4) is 11.4 Å². The second kappa shape index (κ2) is 4.92. The highest BCUT2D eigenvalue weighted by Gasteiger charge is 2.07. The van der Waals surface area contributed by atoms with Crippen molar-refractivity contribution in [2.45, 2.75) is 6.42 Å². The molecule has 1 aromatic carbocycles. The molecule has 0 saturated heterocycles. The molecule has 0 saturated carbocycles. The molecule has 1 N–H and O–H groups in total. The summed E-state index contributed by atoms with van der Waals surface area (Å²) < 4.78 is 19.6. The number of aliphatic hydroxyl groups excluding tert-OH is 1. The summed E-state index contributed by atoms with van der Waals surface area (Å²) >= 11 is 0. The van der Waals surface area contributed by atoms with Gasteiger partial charge in [0, 0.05) is 19.1 Å². The van der Waals surface area contributed by atoms with Gasteiger partial charge in [-0.05, 0) is 12.1 Å². The topological polar surface area (TPSA) is 60.2 Å². The fourth-order valence-corrected chi connectivity index (χ4v) is 1.44. The summed E-state index contributed by atoms with van der Waals surface area (Å²) in [6.07, 6.45) is 2.13. The highest BCUT2D eigenvalue weighted by Crippen LogP contribution is 2.20. The van der Waals surface area contributed by atoms with Crippen LogP contribution in [0.1, 0.15) is 5.69 Å². The summed E-state index contributed by atoms with van der Waals surface area (Å²) in [7, 11) is 1.40. The van der Waals surface area contributed by atoms with Gasteiger partial charge in [-0.15, -0.1) is 5.10 Å². The van der Waals surface area contributed by atoms with Crippen molar-refractivity contribution in [1.29, 1.82) is 0 Å². The van der Waals surface area contributed by atoms with E-state index in [2.05, 4.69) is 10.3 Å². The van der Waals surface area contributed by atoms with Crippen molar-refractivity contribution in [3.63, 3.8) is 0 Å². The Kier molecular flexibility index (Phi) is 3.34. The summed E-state index contributed by atoms with van der Waals surface area (Å²) in [5.41, 5.74) is 1.33. The van der Waals surface area contributed by atoms with Crippen LogP contribution in [0.4, 0.5) is 4.39 Å². The molecule has 6 heteroatoms. The molecule has 5 nitrogen and oxygen atoms in total. The van der Waals surface area contributed by atoms with Gasteiger partial charge in [-0.3, -0.25) is 0 Å². The molecule has 17 heavy (non-hydrogen) atoms. The zero-order chi connectivity index (χ0) is 12.3. The number of hydrogen-bond acceptors (Lipinski definition) is 4. The Morgan fingerprint density at radius 2 is 2.29 bits per heavy atom. The van der Waals surface area contributed by atoms with Crippen molar-refractivity contribution in [3.05, 3.63) is 35.9 Å². The van der Waals surface area contributed by atoms with E-state index in [0.29, 0.717) is 17.8 Å². The van der Waals surface area contributed by atoms with Gasteiger partial charge in [-0.1, -0.05) is 5.21 Å². The molecule has 0 aliphatic rings. The van der Waals surface area contributed by atoms with Crippen molar-refractivity contribution in [2.24, 2.45) is 0 Å². The van der Waals surface area contributed by atoms with Crippen molar-refractivity contribution < 1.29 is 14.2 Å².